The first-order chi connectivity index (χ1) is 12.4. The number of carbonyl (C=O) groups is 1. The zero-order chi connectivity index (χ0) is 18.6. The zero-order valence-electron chi connectivity index (χ0n) is 14.8. The number of hydrogen-bond acceptors (Lipinski definition) is 3. The van der Waals surface area contributed by atoms with E-state index in [0.29, 0.717) is 38.4 Å². The number of para-hydroxylation sites is 1. The van der Waals surface area contributed by atoms with Crippen molar-refractivity contribution in [1.29, 1.82) is 0 Å². The van der Waals surface area contributed by atoms with E-state index in [9.17, 15) is 18.0 Å². The lowest BCUT2D eigenvalue weighted by molar-refractivity contribution is -0.149. The van der Waals surface area contributed by atoms with Crippen molar-refractivity contribution in [3.05, 3.63) is 30.3 Å². The molecular formula is C19H26F3N3O. The van der Waals surface area contributed by atoms with Crippen molar-refractivity contribution in [2.45, 2.75) is 25.4 Å². The van der Waals surface area contributed by atoms with Crippen molar-refractivity contribution in [3.63, 3.8) is 0 Å². The average Bonchev–Trinajstić information content (AvgIpc) is 3.09. The van der Waals surface area contributed by atoms with Crippen molar-refractivity contribution in [3.8, 4) is 0 Å². The minimum absolute atomic E-state index is 0.00480. The number of nitrogens with one attached hydrogen (secondary N) is 1. The normalized spacial score (nSPS) is 22.6. The highest BCUT2D eigenvalue weighted by atomic mass is 19.4. The summed E-state index contributed by atoms with van der Waals surface area (Å²) in [6.07, 6.45) is -2.12. The highest BCUT2D eigenvalue weighted by Gasteiger charge is 2.34. The van der Waals surface area contributed by atoms with E-state index in [1.54, 1.807) is 0 Å². The van der Waals surface area contributed by atoms with Crippen LogP contribution in [0.4, 0.5) is 18.9 Å². The number of amides is 1. The van der Waals surface area contributed by atoms with Gasteiger partial charge in [0.25, 0.3) is 0 Å². The van der Waals surface area contributed by atoms with Crippen LogP contribution in [0.5, 0.6) is 0 Å². The molecule has 2 aliphatic rings. The quantitative estimate of drug-likeness (QED) is 0.867. The van der Waals surface area contributed by atoms with Gasteiger partial charge in [-0.3, -0.25) is 9.69 Å². The largest absolute Gasteiger partial charge is 0.401 e. The van der Waals surface area contributed by atoms with Crippen LogP contribution in [0, 0.1) is 11.8 Å². The maximum absolute atomic E-state index is 12.4. The fourth-order valence-corrected chi connectivity index (χ4v) is 3.87. The standard InChI is InChI=1S/C19H26F3N3O/c20-19(21,22)14-24-9-7-16(8-10-24)18(26)23-12-15-6-11-25(13-15)17-4-2-1-3-5-17/h1-5,15-16H,6-14H2,(H,23,26)/t15-/m0/s1. The third kappa shape index (κ3) is 5.37. The Morgan fingerprint density at radius 1 is 1.08 bits per heavy atom. The van der Waals surface area contributed by atoms with E-state index in [2.05, 4.69) is 22.3 Å². The van der Waals surface area contributed by atoms with Crippen LogP contribution in [-0.2, 0) is 4.79 Å². The second-order valence-corrected chi connectivity index (χ2v) is 7.35. The van der Waals surface area contributed by atoms with Gasteiger partial charge in [-0.1, -0.05) is 18.2 Å². The van der Waals surface area contributed by atoms with Crippen molar-refractivity contribution in [2.75, 3.05) is 44.2 Å². The molecule has 1 aromatic carbocycles. The molecule has 0 spiro atoms. The first kappa shape index (κ1) is 19.0. The van der Waals surface area contributed by atoms with E-state index in [1.807, 2.05) is 18.2 Å². The Bertz CT molecular complexity index is 585. The molecule has 0 aliphatic carbocycles. The van der Waals surface area contributed by atoms with Crippen LogP contribution < -0.4 is 10.2 Å². The number of rotatable bonds is 5. The summed E-state index contributed by atoms with van der Waals surface area (Å²) in [4.78, 5) is 16.0. The summed E-state index contributed by atoms with van der Waals surface area (Å²) >= 11 is 0. The van der Waals surface area contributed by atoms with E-state index in [1.165, 1.54) is 10.6 Å². The highest BCUT2D eigenvalue weighted by Crippen LogP contribution is 2.24. The Labute approximate surface area is 152 Å². The van der Waals surface area contributed by atoms with E-state index < -0.39 is 12.7 Å². The Morgan fingerprint density at radius 3 is 2.42 bits per heavy atom. The summed E-state index contributed by atoms with van der Waals surface area (Å²) in [5, 5.41) is 3.02. The van der Waals surface area contributed by atoms with Gasteiger partial charge in [0.05, 0.1) is 6.54 Å². The lowest BCUT2D eigenvalue weighted by Crippen LogP contribution is -2.44. The van der Waals surface area contributed by atoms with Crippen LogP contribution in [-0.4, -0.2) is 56.3 Å². The lowest BCUT2D eigenvalue weighted by Gasteiger charge is -2.31. The molecule has 2 fully saturated rings. The SMILES string of the molecule is O=C(NC[C@@H]1CCN(c2ccccc2)C1)C1CCN(CC(F)(F)F)CC1. The molecule has 26 heavy (non-hydrogen) atoms. The topological polar surface area (TPSA) is 35.6 Å². The van der Waals surface area contributed by atoms with E-state index in [-0.39, 0.29) is 11.8 Å². The molecule has 1 atom stereocenters. The number of benzene rings is 1. The molecule has 0 radical (unpaired) electrons. The van der Waals surface area contributed by atoms with Gasteiger partial charge in [-0.2, -0.15) is 13.2 Å². The number of carbonyl (C=O) groups excluding carboxylic acids is 1. The summed E-state index contributed by atoms with van der Waals surface area (Å²) in [5.74, 6) is 0.255. The number of hydrogen-bond donors (Lipinski definition) is 1. The first-order valence-electron chi connectivity index (χ1n) is 9.27. The molecule has 0 unspecified atom stereocenters. The number of piperidine rings is 1. The molecule has 1 N–H and O–H groups in total. The maximum Gasteiger partial charge on any atom is 0.401 e. The molecule has 0 bridgehead atoms. The van der Waals surface area contributed by atoms with Crippen LogP contribution in [0.3, 0.4) is 0 Å². The molecule has 0 aromatic heterocycles. The van der Waals surface area contributed by atoms with Gasteiger partial charge in [0.1, 0.15) is 0 Å². The van der Waals surface area contributed by atoms with Crippen molar-refractivity contribution < 1.29 is 18.0 Å². The number of nitrogens with zero attached hydrogens (tertiary/aromatic N) is 2. The minimum atomic E-state index is -4.16. The van der Waals surface area contributed by atoms with Gasteiger partial charge in [-0.15, -0.1) is 0 Å². The Hall–Kier alpha value is -1.76. The van der Waals surface area contributed by atoms with Crippen molar-refractivity contribution in [2.24, 2.45) is 11.8 Å². The van der Waals surface area contributed by atoms with E-state index in [4.69, 9.17) is 0 Å². The van der Waals surface area contributed by atoms with Gasteiger partial charge in [0, 0.05) is 31.2 Å². The molecule has 3 rings (SSSR count). The predicted molar refractivity (Wildman–Crippen MR) is 95.0 cm³/mol. The van der Waals surface area contributed by atoms with E-state index >= 15 is 0 Å². The average molecular weight is 369 g/mol. The van der Waals surface area contributed by atoms with Gasteiger partial charge >= 0.3 is 6.18 Å². The van der Waals surface area contributed by atoms with Crippen LogP contribution in [0.15, 0.2) is 30.3 Å². The number of halogens is 3. The minimum Gasteiger partial charge on any atom is -0.371 e. The third-order valence-electron chi connectivity index (χ3n) is 5.33. The fourth-order valence-electron chi connectivity index (χ4n) is 3.87. The van der Waals surface area contributed by atoms with Crippen molar-refractivity contribution in [1.82, 2.24) is 10.2 Å². The highest BCUT2D eigenvalue weighted by molar-refractivity contribution is 5.78. The van der Waals surface area contributed by atoms with Gasteiger partial charge in [0.15, 0.2) is 0 Å². The van der Waals surface area contributed by atoms with Crippen molar-refractivity contribution >= 4 is 11.6 Å². The molecule has 1 aromatic rings. The fraction of sp³-hybridized carbons (Fsp3) is 0.632. The molecule has 2 saturated heterocycles. The Balaban J connectivity index is 1.37. The Morgan fingerprint density at radius 2 is 1.77 bits per heavy atom. The molecule has 2 aliphatic heterocycles. The monoisotopic (exact) mass is 369 g/mol. The van der Waals surface area contributed by atoms with Crippen LogP contribution in [0.2, 0.25) is 0 Å². The van der Waals surface area contributed by atoms with Gasteiger partial charge in [-0.25, -0.2) is 0 Å². The summed E-state index contributed by atoms with van der Waals surface area (Å²) < 4.78 is 37.3. The number of likely N-dealkylation sites (tertiary alicyclic amines) is 1. The van der Waals surface area contributed by atoms with Crippen LogP contribution in [0.25, 0.3) is 0 Å². The maximum atomic E-state index is 12.4. The molecule has 0 saturated carbocycles. The molecule has 4 nitrogen and oxygen atoms in total. The third-order valence-corrected chi connectivity index (χ3v) is 5.33. The molecular weight excluding hydrogens is 343 g/mol. The summed E-state index contributed by atoms with van der Waals surface area (Å²) in [6.45, 7) is 2.35. The molecule has 7 heteroatoms. The second kappa shape index (κ2) is 8.29. The smallest absolute Gasteiger partial charge is 0.371 e. The van der Waals surface area contributed by atoms with Gasteiger partial charge in [-0.05, 0) is 50.4 Å². The van der Waals surface area contributed by atoms with Crippen LogP contribution >= 0.6 is 0 Å². The molecule has 2 heterocycles. The summed E-state index contributed by atoms with van der Waals surface area (Å²) in [6, 6.07) is 10.2. The second-order valence-electron chi connectivity index (χ2n) is 7.35. The zero-order valence-corrected chi connectivity index (χ0v) is 14.8. The van der Waals surface area contributed by atoms with Gasteiger partial charge < -0.3 is 10.2 Å². The van der Waals surface area contributed by atoms with E-state index in [0.717, 1.165) is 19.5 Å². The van der Waals surface area contributed by atoms with Gasteiger partial charge in [0.2, 0.25) is 5.91 Å². The number of alkyl halides is 3. The number of anilines is 1. The lowest BCUT2D eigenvalue weighted by atomic mass is 9.95. The predicted octanol–water partition coefficient (Wildman–Crippen LogP) is 2.90. The Kier molecular flexibility index (Phi) is 6.06. The molecule has 144 valence electrons. The first-order valence-corrected chi connectivity index (χ1v) is 9.27. The van der Waals surface area contributed by atoms with Crippen LogP contribution in [0.1, 0.15) is 19.3 Å². The summed E-state index contributed by atoms with van der Waals surface area (Å²) in [7, 11) is 0. The summed E-state index contributed by atoms with van der Waals surface area (Å²) in [5.41, 5.74) is 1.21. The molecule has 1 amide bonds.